The van der Waals surface area contributed by atoms with Crippen LogP contribution < -0.4 is 5.32 Å². The Balaban J connectivity index is 2.17. The van der Waals surface area contributed by atoms with Crippen LogP contribution in [0.1, 0.15) is 10.4 Å². The molecule has 0 atom stereocenters. The van der Waals surface area contributed by atoms with E-state index in [4.69, 9.17) is 0 Å². The molecule has 2 rings (SSSR count). The van der Waals surface area contributed by atoms with Gasteiger partial charge in [0.15, 0.2) is 0 Å². The lowest BCUT2D eigenvalue weighted by Crippen LogP contribution is -2.13. The van der Waals surface area contributed by atoms with Gasteiger partial charge in [-0.05, 0) is 24.3 Å². The second-order valence-corrected chi connectivity index (χ2v) is 3.88. The molecule has 2 aromatic rings. The standard InChI is InChI=1S/C13H8F2N2O3/c14-8-1-6-11(12(15)7-8)13(18)16-9-2-4-10(5-3-9)17(19)20/h1-7H,(H,16,18). The first kappa shape index (κ1) is 13.6. The molecule has 0 radical (unpaired) electrons. The van der Waals surface area contributed by atoms with Crippen LogP contribution in [0.4, 0.5) is 20.2 Å². The van der Waals surface area contributed by atoms with E-state index in [1.54, 1.807) is 0 Å². The molecule has 1 N–H and O–H groups in total. The molecule has 0 aliphatic rings. The van der Waals surface area contributed by atoms with Crippen LogP contribution in [0, 0.1) is 21.7 Å². The number of hydrogen-bond donors (Lipinski definition) is 1. The van der Waals surface area contributed by atoms with Gasteiger partial charge in [0, 0.05) is 23.9 Å². The van der Waals surface area contributed by atoms with E-state index in [-0.39, 0.29) is 16.9 Å². The summed E-state index contributed by atoms with van der Waals surface area (Å²) < 4.78 is 26.1. The fourth-order valence-electron chi connectivity index (χ4n) is 1.54. The van der Waals surface area contributed by atoms with E-state index in [2.05, 4.69) is 5.32 Å². The largest absolute Gasteiger partial charge is 0.322 e. The summed E-state index contributed by atoms with van der Waals surface area (Å²) in [7, 11) is 0. The molecule has 0 saturated heterocycles. The van der Waals surface area contributed by atoms with Gasteiger partial charge in [0.1, 0.15) is 11.6 Å². The van der Waals surface area contributed by atoms with E-state index in [0.717, 1.165) is 12.1 Å². The van der Waals surface area contributed by atoms with E-state index in [1.165, 1.54) is 24.3 Å². The summed E-state index contributed by atoms with van der Waals surface area (Å²) in [6.45, 7) is 0. The summed E-state index contributed by atoms with van der Waals surface area (Å²) in [5.41, 5.74) is -0.176. The van der Waals surface area contributed by atoms with Crippen molar-refractivity contribution in [2.24, 2.45) is 0 Å². The second kappa shape index (κ2) is 5.43. The fourth-order valence-corrected chi connectivity index (χ4v) is 1.54. The zero-order chi connectivity index (χ0) is 14.7. The monoisotopic (exact) mass is 278 g/mol. The zero-order valence-corrected chi connectivity index (χ0v) is 9.97. The SMILES string of the molecule is O=C(Nc1ccc([N+](=O)[O-])cc1)c1ccc(F)cc1F. The molecule has 5 nitrogen and oxygen atoms in total. The van der Waals surface area contributed by atoms with Crippen molar-refractivity contribution in [2.45, 2.75) is 0 Å². The predicted octanol–water partition coefficient (Wildman–Crippen LogP) is 3.13. The maximum atomic E-state index is 13.4. The molecule has 7 heteroatoms. The van der Waals surface area contributed by atoms with Crippen molar-refractivity contribution in [1.82, 2.24) is 0 Å². The molecule has 0 fully saturated rings. The van der Waals surface area contributed by atoms with Crippen molar-refractivity contribution in [1.29, 1.82) is 0 Å². The van der Waals surface area contributed by atoms with Gasteiger partial charge in [-0.15, -0.1) is 0 Å². The third kappa shape index (κ3) is 2.94. The van der Waals surface area contributed by atoms with Gasteiger partial charge in [-0.3, -0.25) is 14.9 Å². The number of nitro groups is 1. The summed E-state index contributed by atoms with van der Waals surface area (Å²) in [5, 5.41) is 12.8. The highest BCUT2D eigenvalue weighted by Crippen LogP contribution is 2.17. The average Bonchev–Trinajstić information content (AvgIpc) is 2.39. The van der Waals surface area contributed by atoms with Crippen LogP contribution in [0.2, 0.25) is 0 Å². The van der Waals surface area contributed by atoms with Crippen molar-refractivity contribution in [2.75, 3.05) is 5.32 Å². The third-order valence-corrected chi connectivity index (χ3v) is 2.51. The van der Waals surface area contributed by atoms with E-state index < -0.39 is 22.5 Å². The van der Waals surface area contributed by atoms with E-state index in [1.807, 2.05) is 0 Å². The molecular formula is C13H8F2N2O3. The van der Waals surface area contributed by atoms with E-state index in [0.29, 0.717) is 6.07 Å². The minimum atomic E-state index is -0.982. The van der Waals surface area contributed by atoms with Crippen LogP contribution in [0.3, 0.4) is 0 Å². The van der Waals surface area contributed by atoms with Crippen molar-refractivity contribution in [3.05, 3.63) is 69.8 Å². The van der Waals surface area contributed by atoms with E-state index in [9.17, 15) is 23.7 Å². The van der Waals surface area contributed by atoms with Crippen molar-refractivity contribution < 1.29 is 18.5 Å². The van der Waals surface area contributed by atoms with Gasteiger partial charge in [0.25, 0.3) is 11.6 Å². The summed E-state index contributed by atoms with van der Waals surface area (Å²) in [4.78, 5) is 21.6. The number of carbonyl (C=O) groups is 1. The van der Waals surface area contributed by atoms with Gasteiger partial charge >= 0.3 is 0 Å². The smallest absolute Gasteiger partial charge is 0.269 e. The number of non-ortho nitro benzene ring substituents is 1. The molecule has 102 valence electrons. The molecule has 0 aliphatic carbocycles. The Hall–Kier alpha value is -2.83. The number of amides is 1. The maximum absolute atomic E-state index is 13.4. The Bertz CT molecular complexity index is 672. The average molecular weight is 278 g/mol. The topological polar surface area (TPSA) is 72.2 Å². The lowest BCUT2D eigenvalue weighted by Gasteiger charge is -2.06. The zero-order valence-electron chi connectivity index (χ0n) is 9.97. The number of hydrogen-bond acceptors (Lipinski definition) is 3. The van der Waals surface area contributed by atoms with Gasteiger partial charge in [-0.1, -0.05) is 0 Å². The Kier molecular flexibility index (Phi) is 3.69. The lowest BCUT2D eigenvalue weighted by atomic mass is 10.2. The summed E-state index contributed by atoms with van der Waals surface area (Å²) in [6, 6.07) is 7.63. The Morgan fingerprint density at radius 1 is 1.10 bits per heavy atom. The number of halogens is 2. The molecule has 0 unspecified atom stereocenters. The highest BCUT2D eigenvalue weighted by atomic mass is 19.1. The highest BCUT2D eigenvalue weighted by molar-refractivity contribution is 6.04. The minimum Gasteiger partial charge on any atom is -0.322 e. The predicted molar refractivity (Wildman–Crippen MR) is 67.4 cm³/mol. The number of carbonyl (C=O) groups excluding carboxylic acids is 1. The molecule has 2 aromatic carbocycles. The van der Waals surface area contributed by atoms with Gasteiger partial charge in [0.05, 0.1) is 10.5 Å². The molecule has 0 heterocycles. The summed E-state index contributed by atoms with van der Waals surface area (Å²) in [6.07, 6.45) is 0. The Morgan fingerprint density at radius 2 is 1.75 bits per heavy atom. The number of nitrogens with zero attached hydrogens (tertiary/aromatic N) is 1. The summed E-state index contributed by atoms with van der Waals surface area (Å²) in [5.74, 6) is -2.53. The first-order chi connectivity index (χ1) is 9.47. The van der Waals surface area contributed by atoms with Crippen LogP contribution in [0.5, 0.6) is 0 Å². The number of rotatable bonds is 3. The first-order valence-corrected chi connectivity index (χ1v) is 5.48. The molecule has 0 aromatic heterocycles. The molecule has 0 spiro atoms. The first-order valence-electron chi connectivity index (χ1n) is 5.48. The Labute approximate surface area is 112 Å². The fraction of sp³-hybridized carbons (Fsp3) is 0. The minimum absolute atomic E-state index is 0.129. The second-order valence-electron chi connectivity index (χ2n) is 3.88. The molecule has 0 aliphatic heterocycles. The Morgan fingerprint density at radius 3 is 2.30 bits per heavy atom. The quantitative estimate of drug-likeness (QED) is 0.692. The molecule has 0 saturated carbocycles. The highest BCUT2D eigenvalue weighted by Gasteiger charge is 2.13. The van der Waals surface area contributed by atoms with Gasteiger partial charge in [-0.25, -0.2) is 8.78 Å². The maximum Gasteiger partial charge on any atom is 0.269 e. The van der Waals surface area contributed by atoms with Crippen LogP contribution in [0.15, 0.2) is 42.5 Å². The van der Waals surface area contributed by atoms with Crippen molar-refractivity contribution in [3.63, 3.8) is 0 Å². The number of anilines is 1. The van der Waals surface area contributed by atoms with Crippen molar-refractivity contribution in [3.8, 4) is 0 Å². The summed E-state index contributed by atoms with van der Waals surface area (Å²) >= 11 is 0. The number of nitrogens with one attached hydrogen (secondary N) is 1. The molecular weight excluding hydrogens is 270 g/mol. The lowest BCUT2D eigenvalue weighted by molar-refractivity contribution is -0.384. The normalized spacial score (nSPS) is 10.1. The van der Waals surface area contributed by atoms with E-state index >= 15 is 0 Å². The molecule has 20 heavy (non-hydrogen) atoms. The third-order valence-electron chi connectivity index (χ3n) is 2.51. The van der Waals surface area contributed by atoms with Crippen molar-refractivity contribution >= 4 is 17.3 Å². The van der Waals surface area contributed by atoms with Crippen LogP contribution in [-0.4, -0.2) is 10.8 Å². The van der Waals surface area contributed by atoms with Crippen LogP contribution in [-0.2, 0) is 0 Å². The van der Waals surface area contributed by atoms with Gasteiger partial charge < -0.3 is 5.32 Å². The number of nitro benzene ring substituents is 1. The van der Waals surface area contributed by atoms with Gasteiger partial charge in [-0.2, -0.15) is 0 Å². The van der Waals surface area contributed by atoms with Crippen LogP contribution >= 0.6 is 0 Å². The number of benzene rings is 2. The van der Waals surface area contributed by atoms with Gasteiger partial charge in [0.2, 0.25) is 0 Å². The van der Waals surface area contributed by atoms with Crippen LogP contribution in [0.25, 0.3) is 0 Å². The molecule has 0 bridgehead atoms. The molecule has 1 amide bonds.